The molecular formula is C18H21NO2. The van der Waals surface area contributed by atoms with Crippen molar-refractivity contribution >= 4 is 0 Å². The molecule has 2 aromatic rings. The molecule has 21 heavy (non-hydrogen) atoms. The lowest BCUT2D eigenvalue weighted by atomic mass is 9.78. The van der Waals surface area contributed by atoms with E-state index in [0.29, 0.717) is 12.5 Å². The fourth-order valence-corrected chi connectivity index (χ4v) is 2.91. The number of hydrogen-bond donors (Lipinski definition) is 1. The summed E-state index contributed by atoms with van der Waals surface area (Å²) in [6, 6.07) is 14.6. The van der Waals surface area contributed by atoms with E-state index in [1.54, 1.807) is 7.11 Å². The molecule has 0 amide bonds. The van der Waals surface area contributed by atoms with E-state index in [1.165, 1.54) is 11.1 Å². The van der Waals surface area contributed by atoms with Crippen LogP contribution in [0.2, 0.25) is 0 Å². The van der Waals surface area contributed by atoms with Gasteiger partial charge in [0.2, 0.25) is 0 Å². The van der Waals surface area contributed by atoms with E-state index in [-0.39, 0.29) is 0 Å². The summed E-state index contributed by atoms with van der Waals surface area (Å²) < 4.78 is 11.5. The van der Waals surface area contributed by atoms with E-state index in [4.69, 9.17) is 9.47 Å². The second kappa shape index (κ2) is 6.19. The average molecular weight is 283 g/mol. The average Bonchev–Trinajstić information content (AvgIpc) is 2.49. The van der Waals surface area contributed by atoms with Crippen LogP contribution in [-0.4, -0.2) is 20.8 Å². The predicted octanol–water partition coefficient (Wildman–Crippen LogP) is 3.13. The smallest absolute Gasteiger partial charge is 0.165 e. The molecule has 1 atom stereocenters. The van der Waals surface area contributed by atoms with Gasteiger partial charge in [-0.2, -0.15) is 0 Å². The number of methoxy groups -OCH3 is 1. The molecule has 0 fully saturated rings. The van der Waals surface area contributed by atoms with Gasteiger partial charge < -0.3 is 14.8 Å². The molecule has 0 radical (unpaired) electrons. The lowest BCUT2D eigenvalue weighted by Crippen LogP contribution is -2.23. The number of ether oxygens (including phenoxy) is 2. The Kier molecular flexibility index (Phi) is 4.11. The first-order valence-electron chi connectivity index (χ1n) is 7.34. The largest absolute Gasteiger partial charge is 0.493 e. The normalized spacial score (nSPS) is 16.0. The number of para-hydroxylation sites is 1. The summed E-state index contributed by atoms with van der Waals surface area (Å²) in [4.78, 5) is 0. The Balaban J connectivity index is 1.73. The third kappa shape index (κ3) is 2.74. The van der Waals surface area contributed by atoms with Gasteiger partial charge in [-0.3, -0.25) is 0 Å². The first-order chi connectivity index (χ1) is 10.3. The molecule has 1 aliphatic carbocycles. The Hall–Kier alpha value is -2.00. The van der Waals surface area contributed by atoms with Crippen LogP contribution < -0.4 is 14.8 Å². The van der Waals surface area contributed by atoms with Crippen LogP contribution in [0.4, 0.5) is 0 Å². The van der Waals surface area contributed by atoms with E-state index in [0.717, 1.165) is 30.0 Å². The maximum absolute atomic E-state index is 6.11. The topological polar surface area (TPSA) is 30.5 Å². The highest BCUT2D eigenvalue weighted by atomic mass is 16.5. The zero-order valence-corrected chi connectivity index (χ0v) is 12.6. The molecule has 3 rings (SSSR count). The van der Waals surface area contributed by atoms with Crippen molar-refractivity contribution in [1.29, 1.82) is 0 Å². The number of nitrogens with one attached hydrogen (secondary N) is 1. The van der Waals surface area contributed by atoms with Gasteiger partial charge >= 0.3 is 0 Å². The van der Waals surface area contributed by atoms with Gasteiger partial charge in [0, 0.05) is 18.0 Å². The number of hydrogen-bond acceptors (Lipinski definition) is 3. The second-order valence-corrected chi connectivity index (χ2v) is 5.39. The van der Waals surface area contributed by atoms with Crippen LogP contribution in [0.15, 0.2) is 42.5 Å². The van der Waals surface area contributed by atoms with Crippen molar-refractivity contribution in [1.82, 2.24) is 5.32 Å². The van der Waals surface area contributed by atoms with Crippen LogP contribution in [0.5, 0.6) is 11.5 Å². The van der Waals surface area contributed by atoms with E-state index in [1.807, 2.05) is 19.2 Å². The van der Waals surface area contributed by atoms with Crippen molar-refractivity contribution in [3.63, 3.8) is 0 Å². The number of benzene rings is 2. The molecule has 110 valence electrons. The van der Waals surface area contributed by atoms with Crippen LogP contribution in [0.1, 0.15) is 22.6 Å². The Morgan fingerprint density at radius 3 is 2.76 bits per heavy atom. The molecule has 0 bridgehead atoms. The molecule has 0 heterocycles. The van der Waals surface area contributed by atoms with Crippen LogP contribution in [-0.2, 0) is 13.0 Å². The highest BCUT2D eigenvalue weighted by Crippen LogP contribution is 2.37. The van der Waals surface area contributed by atoms with Crippen LogP contribution in [0.3, 0.4) is 0 Å². The molecular weight excluding hydrogens is 262 g/mol. The number of fused-ring (bicyclic) bond motifs is 1. The molecule has 0 saturated carbocycles. The summed E-state index contributed by atoms with van der Waals surface area (Å²) >= 11 is 0. The van der Waals surface area contributed by atoms with E-state index >= 15 is 0 Å². The molecule has 0 spiro atoms. The van der Waals surface area contributed by atoms with Crippen LogP contribution in [0.25, 0.3) is 0 Å². The predicted molar refractivity (Wildman–Crippen MR) is 84.1 cm³/mol. The van der Waals surface area contributed by atoms with Crippen LogP contribution >= 0.6 is 0 Å². The van der Waals surface area contributed by atoms with Gasteiger partial charge in [-0.1, -0.05) is 36.4 Å². The minimum atomic E-state index is 0.494. The van der Waals surface area contributed by atoms with Crippen molar-refractivity contribution in [3.05, 3.63) is 59.2 Å². The molecule has 1 aliphatic rings. The van der Waals surface area contributed by atoms with Crippen LogP contribution in [0, 0.1) is 0 Å². The summed E-state index contributed by atoms with van der Waals surface area (Å²) in [5.74, 6) is 2.16. The number of rotatable bonds is 6. The third-order valence-corrected chi connectivity index (χ3v) is 4.04. The van der Waals surface area contributed by atoms with Gasteiger partial charge in [0.25, 0.3) is 0 Å². The highest BCUT2D eigenvalue weighted by Gasteiger charge is 2.26. The lowest BCUT2D eigenvalue weighted by molar-refractivity contribution is 0.258. The third-order valence-electron chi connectivity index (χ3n) is 4.04. The van der Waals surface area contributed by atoms with Crippen molar-refractivity contribution in [2.45, 2.75) is 18.9 Å². The maximum atomic E-state index is 6.11. The zero-order chi connectivity index (χ0) is 14.7. The van der Waals surface area contributed by atoms with Gasteiger partial charge in [0.1, 0.15) is 0 Å². The van der Waals surface area contributed by atoms with Gasteiger partial charge in [-0.15, -0.1) is 0 Å². The maximum Gasteiger partial charge on any atom is 0.165 e. The van der Waals surface area contributed by atoms with Crippen molar-refractivity contribution < 1.29 is 9.47 Å². The molecule has 0 aromatic heterocycles. The van der Waals surface area contributed by atoms with Crippen molar-refractivity contribution in [2.24, 2.45) is 0 Å². The summed E-state index contributed by atoms with van der Waals surface area (Å²) in [6.07, 6.45) is 1.10. The first-order valence-corrected chi connectivity index (χ1v) is 7.34. The quantitative estimate of drug-likeness (QED) is 0.883. The van der Waals surface area contributed by atoms with Gasteiger partial charge in [-0.05, 0) is 30.7 Å². The molecule has 3 heteroatoms. The van der Waals surface area contributed by atoms with E-state index in [2.05, 4.69) is 35.6 Å². The fraction of sp³-hybridized carbons (Fsp3) is 0.333. The monoisotopic (exact) mass is 283 g/mol. The lowest BCUT2D eigenvalue weighted by Gasteiger charge is -2.30. The first kappa shape index (κ1) is 14.0. The van der Waals surface area contributed by atoms with Gasteiger partial charge in [0.05, 0.1) is 13.7 Å². The van der Waals surface area contributed by atoms with Crippen molar-refractivity contribution in [2.75, 3.05) is 20.8 Å². The molecule has 2 aromatic carbocycles. The summed E-state index contributed by atoms with van der Waals surface area (Å²) in [5.41, 5.74) is 3.99. The molecule has 1 unspecified atom stereocenters. The Labute approximate surface area is 125 Å². The van der Waals surface area contributed by atoms with Gasteiger partial charge in [0.15, 0.2) is 11.5 Å². The molecule has 1 N–H and O–H groups in total. The second-order valence-electron chi connectivity index (χ2n) is 5.39. The minimum Gasteiger partial charge on any atom is -0.493 e. The van der Waals surface area contributed by atoms with Crippen molar-refractivity contribution in [3.8, 4) is 11.5 Å². The Bertz CT molecular complexity index is 624. The fourth-order valence-electron chi connectivity index (χ4n) is 2.91. The molecule has 0 aliphatic heterocycles. The molecule has 0 saturated heterocycles. The standard InChI is InChI=1S/C18H21NO2/c1-19-11-14-7-5-9-17(20-2)18(14)21-12-15-10-13-6-3-4-8-16(13)15/h3-9,15,19H,10-12H2,1-2H3. The van der Waals surface area contributed by atoms with E-state index < -0.39 is 0 Å². The summed E-state index contributed by atoms with van der Waals surface area (Å²) in [7, 11) is 3.62. The van der Waals surface area contributed by atoms with Gasteiger partial charge in [-0.25, -0.2) is 0 Å². The highest BCUT2D eigenvalue weighted by molar-refractivity contribution is 5.47. The summed E-state index contributed by atoms with van der Waals surface area (Å²) in [6.45, 7) is 1.47. The minimum absolute atomic E-state index is 0.494. The Morgan fingerprint density at radius 1 is 1.14 bits per heavy atom. The SMILES string of the molecule is CNCc1cccc(OC)c1OCC1Cc2ccccc21. The Morgan fingerprint density at radius 2 is 2.00 bits per heavy atom. The molecule has 3 nitrogen and oxygen atoms in total. The van der Waals surface area contributed by atoms with E-state index in [9.17, 15) is 0 Å². The zero-order valence-electron chi connectivity index (χ0n) is 12.6. The summed E-state index contributed by atoms with van der Waals surface area (Å²) in [5, 5.41) is 3.17.